The molecule has 0 aliphatic rings. The lowest BCUT2D eigenvalue weighted by molar-refractivity contribution is 0.534. The summed E-state index contributed by atoms with van der Waals surface area (Å²) in [6.45, 7) is 0. The number of benzene rings is 2. The molecule has 0 aliphatic carbocycles. The lowest BCUT2D eigenvalue weighted by atomic mass is 10.2. The largest absolute Gasteiger partial charge is 0.431 e. The summed E-state index contributed by atoms with van der Waals surface area (Å²) in [6.07, 6.45) is 0. The SMILES string of the molecule is Fc1ccc(-n2c(=S)oc3ccc(F)cc3c2=S)cc1. The van der Waals surface area contributed by atoms with Crippen LogP contribution < -0.4 is 0 Å². The Morgan fingerprint density at radius 3 is 2.25 bits per heavy atom. The zero-order valence-electron chi connectivity index (χ0n) is 9.97. The molecule has 0 spiro atoms. The van der Waals surface area contributed by atoms with E-state index in [2.05, 4.69) is 0 Å². The number of aromatic nitrogens is 1. The summed E-state index contributed by atoms with van der Waals surface area (Å²) in [5.41, 5.74) is 0.982. The van der Waals surface area contributed by atoms with Gasteiger partial charge in [0.25, 0.3) is 4.84 Å². The van der Waals surface area contributed by atoms with Crippen molar-refractivity contribution in [2.24, 2.45) is 0 Å². The van der Waals surface area contributed by atoms with Crippen LogP contribution in [-0.2, 0) is 0 Å². The number of rotatable bonds is 1. The van der Waals surface area contributed by atoms with Crippen LogP contribution in [0.1, 0.15) is 0 Å². The maximum Gasteiger partial charge on any atom is 0.274 e. The standard InChI is InChI=1S/C14H7F2NOS2/c15-8-1-4-10(5-2-8)17-13(19)11-7-9(16)3-6-12(11)18-14(17)20/h1-7H. The highest BCUT2D eigenvalue weighted by Gasteiger charge is 2.08. The molecular weight excluding hydrogens is 300 g/mol. The van der Waals surface area contributed by atoms with Gasteiger partial charge < -0.3 is 4.42 Å². The van der Waals surface area contributed by atoms with Crippen LogP contribution in [0.25, 0.3) is 16.7 Å². The Labute approximate surface area is 122 Å². The Hall–Kier alpha value is -1.92. The van der Waals surface area contributed by atoms with Crippen molar-refractivity contribution in [3.8, 4) is 5.69 Å². The Morgan fingerprint density at radius 2 is 1.55 bits per heavy atom. The van der Waals surface area contributed by atoms with E-state index in [9.17, 15) is 8.78 Å². The van der Waals surface area contributed by atoms with E-state index in [1.807, 2.05) is 0 Å². The van der Waals surface area contributed by atoms with Crippen LogP contribution in [-0.4, -0.2) is 4.57 Å². The fraction of sp³-hybridized carbons (Fsp3) is 0. The summed E-state index contributed by atoms with van der Waals surface area (Å²) >= 11 is 10.5. The molecular formula is C14H7F2NOS2. The van der Waals surface area contributed by atoms with Gasteiger partial charge in [-0.2, -0.15) is 0 Å². The van der Waals surface area contributed by atoms with Crippen LogP contribution in [0.2, 0.25) is 0 Å². The molecule has 20 heavy (non-hydrogen) atoms. The first kappa shape index (κ1) is 13.1. The fourth-order valence-electron chi connectivity index (χ4n) is 1.91. The van der Waals surface area contributed by atoms with E-state index >= 15 is 0 Å². The number of hydrogen-bond acceptors (Lipinski definition) is 3. The van der Waals surface area contributed by atoms with Crippen LogP contribution in [0.4, 0.5) is 8.78 Å². The average molecular weight is 307 g/mol. The monoisotopic (exact) mass is 307 g/mol. The van der Waals surface area contributed by atoms with E-state index in [1.54, 1.807) is 0 Å². The van der Waals surface area contributed by atoms with Gasteiger partial charge in [0, 0.05) is 0 Å². The van der Waals surface area contributed by atoms with Gasteiger partial charge in [-0.15, -0.1) is 0 Å². The summed E-state index contributed by atoms with van der Waals surface area (Å²) in [6, 6.07) is 9.69. The molecule has 0 N–H and O–H groups in total. The zero-order valence-corrected chi connectivity index (χ0v) is 11.6. The van der Waals surface area contributed by atoms with E-state index in [4.69, 9.17) is 28.9 Å². The minimum Gasteiger partial charge on any atom is -0.431 e. The Kier molecular flexibility index (Phi) is 3.19. The highest BCUT2D eigenvalue weighted by Crippen LogP contribution is 2.21. The van der Waals surface area contributed by atoms with Crippen LogP contribution in [0.3, 0.4) is 0 Å². The molecule has 0 bridgehead atoms. The molecule has 0 saturated heterocycles. The van der Waals surface area contributed by atoms with Gasteiger partial charge in [-0.3, -0.25) is 4.57 Å². The summed E-state index contributed by atoms with van der Waals surface area (Å²) in [5, 5.41) is 0.443. The van der Waals surface area contributed by atoms with Gasteiger partial charge in [-0.1, -0.05) is 12.2 Å². The molecule has 0 radical (unpaired) electrons. The van der Waals surface area contributed by atoms with Crippen molar-refractivity contribution < 1.29 is 13.2 Å². The van der Waals surface area contributed by atoms with Crippen molar-refractivity contribution in [2.75, 3.05) is 0 Å². The first-order chi connectivity index (χ1) is 9.56. The number of halogens is 2. The Bertz CT molecular complexity index is 913. The topological polar surface area (TPSA) is 18.1 Å². The second-order valence-corrected chi connectivity index (χ2v) is 4.86. The average Bonchev–Trinajstić information content (AvgIpc) is 2.42. The molecule has 2 aromatic carbocycles. The van der Waals surface area contributed by atoms with Gasteiger partial charge in [-0.25, -0.2) is 8.78 Å². The highest BCUT2D eigenvalue weighted by atomic mass is 32.1. The normalized spacial score (nSPS) is 10.9. The number of fused-ring (bicyclic) bond motifs is 1. The Morgan fingerprint density at radius 1 is 0.900 bits per heavy atom. The number of nitrogens with zero attached hydrogens (tertiary/aromatic N) is 1. The quantitative estimate of drug-likeness (QED) is 0.592. The van der Waals surface area contributed by atoms with Crippen molar-refractivity contribution in [3.63, 3.8) is 0 Å². The first-order valence-corrected chi connectivity index (χ1v) is 6.49. The van der Waals surface area contributed by atoms with Crippen LogP contribution in [0.15, 0.2) is 46.9 Å². The van der Waals surface area contributed by atoms with Crippen LogP contribution in [0.5, 0.6) is 0 Å². The van der Waals surface area contributed by atoms with Gasteiger partial charge in [0.1, 0.15) is 21.9 Å². The molecule has 0 saturated carbocycles. The van der Waals surface area contributed by atoms with Crippen molar-refractivity contribution in [3.05, 3.63) is 63.6 Å². The van der Waals surface area contributed by atoms with Crippen molar-refractivity contribution >= 4 is 35.4 Å². The maximum atomic E-state index is 13.3. The molecule has 3 aromatic rings. The zero-order chi connectivity index (χ0) is 14.3. The molecule has 6 heteroatoms. The predicted molar refractivity (Wildman–Crippen MR) is 77.1 cm³/mol. The van der Waals surface area contributed by atoms with Gasteiger partial charge in [0.15, 0.2) is 0 Å². The van der Waals surface area contributed by atoms with Crippen LogP contribution >= 0.6 is 24.4 Å². The van der Waals surface area contributed by atoms with E-state index in [0.29, 0.717) is 21.3 Å². The van der Waals surface area contributed by atoms with Gasteiger partial charge in [-0.05, 0) is 54.7 Å². The molecule has 0 atom stereocenters. The molecule has 0 fully saturated rings. The summed E-state index contributed by atoms with van der Waals surface area (Å²) in [4.78, 5) is 0.126. The second-order valence-electron chi connectivity index (χ2n) is 4.13. The minimum absolute atomic E-state index is 0.126. The lowest BCUT2D eigenvalue weighted by Crippen LogP contribution is -1.99. The third-order valence-electron chi connectivity index (χ3n) is 2.84. The number of hydrogen-bond donors (Lipinski definition) is 0. The Balaban J connectivity index is 2.39. The summed E-state index contributed by atoms with van der Waals surface area (Å²) in [7, 11) is 0. The first-order valence-electron chi connectivity index (χ1n) is 5.67. The third kappa shape index (κ3) is 2.17. The van der Waals surface area contributed by atoms with E-state index in [0.717, 1.165) is 0 Å². The summed E-state index contributed by atoms with van der Waals surface area (Å²) < 4.78 is 33.6. The van der Waals surface area contributed by atoms with Gasteiger partial charge in [0.2, 0.25) is 0 Å². The molecule has 2 nitrogen and oxygen atoms in total. The molecule has 0 unspecified atom stereocenters. The third-order valence-corrected chi connectivity index (χ3v) is 3.51. The van der Waals surface area contributed by atoms with Crippen molar-refractivity contribution in [1.29, 1.82) is 0 Å². The maximum absolute atomic E-state index is 13.3. The van der Waals surface area contributed by atoms with Crippen molar-refractivity contribution in [2.45, 2.75) is 0 Å². The van der Waals surface area contributed by atoms with Gasteiger partial charge in [0.05, 0.1) is 11.1 Å². The fourth-order valence-corrected chi connectivity index (χ4v) is 2.61. The molecule has 3 rings (SSSR count). The van der Waals surface area contributed by atoms with Crippen LogP contribution in [0, 0.1) is 21.1 Å². The molecule has 0 aliphatic heterocycles. The molecule has 1 aromatic heterocycles. The second kappa shape index (κ2) is 4.88. The van der Waals surface area contributed by atoms with Gasteiger partial charge >= 0.3 is 0 Å². The van der Waals surface area contributed by atoms with E-state index in [-0.39, 0.29) is 10.7 Å². The lowest BCUT2D eigenvalue weighted by Gasteiger charge is -2.08. The van der Waals surface area contributed by atoms with E-state index in [1.165, 1.54) is 47.0 Å². The van der Waals surface area contributed by atoms with Crippen molar-refractivity contribution in [1.82, 2.24) is 4.57 Å². The molecule has 0 amide bonds. The predicted octanol–water partition coefficient (Wildman–Crippen LogP) is 4.96. The molecule has 100 valence electrons. The highest BCUT2D eigenvalue weighted by molar-refractivity contribution is 7.72. The minimum atomic E-state index is -0.415. The van der Waals surface area contributed by atoms with E-state index < -0.39 is 5.82 Å². The summed E-state index contributed by atoms with van der Waals surface area (Å²) in [5.74, 6) is -0.781. The smallest absolute Gasteiger partial charge is 0.274 e. The molecule has 1 heterocycles.